The van der Waals surface area contributed by atoms with Crippen molar-refractivity contribution in [1.82, 2.24) is 5.32 Å². The Bertz CT molecular complexity index is 209. The minimum Gasteiger partial charge on any atom is -0.480 e. The van der Waals surface area contributed by atoms with Crippen molar-refractivity contribution in [2.75, 3.05) is 19.8 Å². The number of halogens is 3. The molecule has 0 rings (SSSR count). The smallest absolute Gasteiger partial charge is 0.389 e. The zero-order valence-corrected chi connectivity index (χ0v) is 9.01. The second kappa shape index (κ2) is 7.45. The molecule has 0 aromatic rings. The molecule has 0 radical (unpaired) electrons. The van der Waals surface area contributed by atoms with Gasteiger partial charge < -0.3 is 15.2 Å². The number of carboxylic acids is 1. The molecule has 16 heavy (non-hydrogen) atoms. The normalized spacial score (nSPS) is 13.8. The van der Waals surface area contributed by atoms with Gasteiger partial charge in [0.05, 0.1) is 6.61 Å². The van der Waals surface area contributed by atoms with Crippen molar-refractivity contribution >= 4 is 5.97 Å². The number of nitrogens with one attached hydrogen (secondary N) is 1. The molecule has 0 aromatic heterocycles. The van der Waals surface area contributed by atoms with Gasteiger partial charge in [-0.1, -0.05) is 6.92 Å². The van der Waals surface area contributed by atoms with E-state index in [1.807, 2.05) is 0 Å². The summed E-state index contributed by atoms with van der Waals surface area (Å²) >= 11 is 0. The van der Waals surface area contributed by atoms with Crippen molar-refractivity contribution in [3.63, 3.8) is 0 Å². The maximum absolute atomic E-state index is 11.7. The number of hydrogen-bond donors (Lipinski definition) is 2. The van der Waals surface area contributed by atoms with Crippen molar-refractivity contribution in [3.8, 4) is 0 Å². The van der Waals surface area contributed by atoms with Gasteiger partial charge in [-0.15, -0.1) is 0 Å². The molecule has 0 fully saturated rings. The van der Waals surface area contributed by atoms with E-state index in [1.54, 1.807) is 6.92 Å². The summed E-state index contributed by atoms with van der Waals surface area (Å²) in [5.41, 5.74) is 0. The predicted octanol–water partition coefficient (Wildman–Crippen LogP) is 1.41. The molecule has 0 saturated heterocycles. The first-order chi connectivity index (χ1) is 7.37. The summed E-state index contributed by atoms with van der Waals surface area (Å²) < 4.78 is 40.0. The van der Waals surface area contributed by atoms with Crippen LogP contribution in [0, 0.1) is 0 Å². The topological polar surface area (TPSA) is 58.6 Å². The first-order valence-corrected chi connectivity index (χ1v) is 4.97. The largest absolute Gasteiger partial charge is 0.480 e. The fourth-order valence-corrected chi connectivity index (χ4v) is 1.04. The highest BCUT2D eigenvalue weighted by Gasteiger charge is 2.26. The third-order valence-corrected chi connectivity index (χ3v) is 1.78. The van der Waals surface area contributed by atoms with Gasteiger partial charge in [0.15, 0.2) is 0 Å². The first kappa shape index (κ1) is 15.2. The van der Waals surface area contributed by atoms with Gasteiger partial charge in [0.1, 0.15) is 6.04 Å². The Kier molecular flexibility index (Phi) is 7.07. The molecule has 0 spiro atoms. The standard InChI is InChI=1S/C9H16F3NO3/c1-2-13-7(8(14)15)6-16-5-3-4-9(10,11)12/h7,13H,2-6H2,1H3,(H,14,15). The molecule has 0 bridgehead atoms. The molecule has 0 saturated carbocycles. The van der Waals surface area contributed by atoms with E-state index in [2.05, 4.69) is 5.32 Å². The van der Waals surface area contributed by atoms with Gasteiger partial charge in [-0.3, -0.25) is 4.79 Å². The molecule has 4 nitrogen and oxygen atoms in total. The summed E-state index contributed by atoms with van der Waals surface area (Å²) in [7, 11) is 0. The van der Waals surface area contributed by atoms with Crippen molar-refractivity contribution in [2.24, 2.45) is 0 Å². The molecule has 7 heteroatoms. The van der Waals surface area contributed by atoms with Gasteiger partial charge in [0.25, 0.3) is 0 Å². The third-order valence-electron chi connectivity index (χ3n) is 1.78. The molecule has 2 N–H and O–H groups in total. The van der Waals surface area contributed by atoms with Gasteiger partial charge >= 0.3 is 12.1 Å². The third kappa shape index (κ3) is 8.49. The predicted molar refractivity (Wildman–Crippen MR) is 51.2 cm³/mol. The minimum absolute atomic E-state index is 0.0886. The van der Waals surface area contributed by atoms with Crippen LogP contribution in [0.15, 0.2) is 0 Å². The number of alkyl halides is 3. The van der Waals surface area contributed by atoms with Crippen molar-refractivity contribution in [2.45, 2.75) is 32.0 Å². The van der Waals surface area contributed by atoms with E-state index in [9.17, 15) is 18.0 Å². The van der Waals surface area contributed by atoms with Gasteiger partial charge in [-0.25, -0.2) is 0 Å². The monoisotopic (exact) mass is 243 g/mol. The number of likely N-dealkylation sites (N-methyl/N-ethyl adjacent to an activating group) is 1. The van der Waals surface area contributed by atoms with Crippen LogP contribution < -0.4 is 5.32 Å². The van der Waals surface area contributed by atoms with Gasteiger partial charge in [-0.05, 0) is 13.0 Å². The molecule has 0 aliphatic heterocycles. The lowest BCUT2D eigenvalue weighted by molar-refractivity contribution is -0.143. The van der Waals surface area contributed by atoms with Gasteiger partial charge in [0.2, 0.25) is 0 Å². The lowest BCUT2D eigenvalue weighted by Crippen LogP contribution is -2.40. The van der Waals surface area contributed by atoms with Crippen LogP contribution in [0.1, 0.15) is 19.8 Å². The number of carbonyl (C=O) groups is 1. The zero-order chi connectivity index (χ0) is 12.6. The number of ether oxygens (including phenoxy) is 1. The highest BCUT2D eigenvalue weighted by molar-refractivity contribution is 5.73. The molecule has 0 aromatic carbocycles. The number of carboxylic acid groups (broad SMARTS) is 1. The quantitative estimate of drug-likeness (QED) is 0.633. The summed E-state index contributed by atoms with van der Waals surface area (Å²) in [4.78, 5) is 10.6. The molecule has 1 atom stereocenters. The fraction of sp³-hybridized carbons (Fsp3) is 0.889. The van der Waals surface area contributed by atoms with Gasteiger partial charge in [0, 0.05) is 13.0 Å². The van der Waals surface area contributed by atoms with E-state index >= 15 is 0 Å². The van der Waals surface area contributed by atoms with E-state index in [0.717, 1.165) is 0 Å². The van der Waals surface area contributed by atoms with Crippen LogP contribution >= 0.6 is 0 Å². The Labute approximate surface area is 91.8 Å². The Morgan fingerprint density at radius 2 is 2.12 bits per heavy atom. The summed E-state index contributed by atoms with van der Waals surface area (Å²) in [5, 5.41) is 11.3. The van der Waals surface area contributed by atoms with E-state index in [0.29, 0.717) is 6.54 Å². The maximum atomic E-state index is 11.7. The fourth-order valence-electron chi connectivity index (χ4n) is 1.04. The van der Waals surface area contributed by atoms with Crippen LogP contribution in [0.25, 0.3) is 0 Å². The lowest BCUT2D eigenvalue weighted by Gasteiger charge is -2.13. The van der Waals surface area contributed by atoms with Crippen LogP contribution in [0.3, 0.4) is 0 Å². The molecule has 1 unspecified atom stereocenters. The van der Waals surface area contributed by atoms with Crippen molar-refractivity contribution in [3.05, 3.63) is 0 Å². The summed E-state index contributed by atoms with van der Waals surface area (Å²) in [6.45, 7) is 1.98. The Morgan fingerprint density at radius 3 is 2.56 bits per heavy atom. The molecule has 96 valence electrons. The summed E-state index contributed by atoms with van der Waals surface area (Å²) in [5.74, 6) is -1.07. The number of hydrogen-bond acceptors (Lipinski definition) is 3. The maximum Gasteiger partial charge on any atom is 0.389 e. The van der Waals surface area contributed by atoms with Crippen LogP contribution in [-0.4, -0.2) is 43.1 Å². The SMILES string of the molecule is CCNC(COCCCC(F)(F)F)C(=O)O. The number of rotatable bonds is 8. The summed E-state index contributed by atoms with van der Waals surface area (Å²) in [6.07, 6.45) is -5.24. The molecule has 0 amide bonds. The second-order valence-corrected chi connectivity index (χ2v) is 3.24. The average molecular weight is 243 g/mol. The van der Waals surface area contributed by atoms with Crippen LogP contribution in [-0.2, 0) is 9.53 Å². The van der Waals surface area contributed by atoms with E-state index < -0.39 is 24.6 Å². The average Bonchev–Trinajstić information content (AvgIpc) is 2.13. The first-order valence-electron chi connectivity index (χ1n) is 4.97. The molecular weight excluding hydrogens is 227 g/mol. The zero-order valence-electron chi connectivity index (χ0n) is 9.01. The Morgan fingerprint density at radius 1 is 1.50 bits per heavy atom. The number of aliphatic carboxylic acids is 1. The van der Waals surface area contributed by atoms with E-state index in [4.69, 9.17) is 9.84 Å². The van der Waals surface area contributed by atoms with Crippen LogP contribution in [0.5, 0.6) is 0 Å². The molecule has 0 aliphatic rings. The highest BCUT2D eigenvalue weighted by atomic mass is 19.4. The van der Waals surface area contributed by atoms with Crippen LogP contribution in [0.2, 0.25) is 0 Å². The van der Waals surface area contributed by atoms with Crippen molar-refractivity contribution in [1.29, 1.82) is 0 Å². The second-order valence-electron chi connectivity index (χ2n) is 3.24. The highest BCUT2D eigenvalue weighted by Crippen LogP contribution is 2.20. The molecule has 0 aliphatic carbocycles. The minimum atomic E-state index is -4.18. The Hall–Kier alpha value is -0.820. The lowest BCUT2D eigenvalue weighted by atomic mass is 10.3. The van der Waals surface area contributed by atoms with E-state index in [1.165, 1.54) is 0 Å². The summed E-state index contributed by atoms with van der Waals surface area (Å²) in [6, 6.07) is -0.865. The van der Waals surface area contributed by atoms with Crippen LogP contribution in [0.4, 0.5) is 13.2 Å². The Balaban J connectivity index is 3.59. The van der Waals surface area contributed by atoms with Gasteiger partial charge in [-0.2, -0.15) is 13.2 Å². The molecular formula is C9H16F3NO3. The van der Waals surface area contributed by atoms with Crippen molar-refractivity contribution < 1.29 is 27.8 Å². The van der Waals surface area contributed by atoms with E-state index in [-0.39, 0.29) is 19.6 Å². The molecule has 0 heterocycles.